The molecule has 0 aliphatic carbocycles. The zero-order valence-corrected chi connectivity index (χ0v) is 22.6. The zero-order valence-electron chi connectivity index (χ0n) is 22.6. The molecule has 10 heteroatoms. The van der Waals surface area contributed by atoms with Crippen molar-refractivity contribution < 1.29 is 27.5 Å². The third-order valence-corrected chi connectivity index (χ3v) is 6.94. The lowest BCUT2D eigenvalue weighted by Gasteiger charge is -2.36. The summed E-state index contributed by atoms with van der Waals surface area (Å²) in [6.45, 7) is 0.0858. The number of amides is 1. The number of likely N-dealkylation sites (tertiary alicyclic amines) is 1. The van der Waals surface area contributed by atoms with Gasteiger partial charge in [-0.2, -0.15) is 5.26 Å². The second-order valence-electron chi connectivity index (χ2n) is 10.0. The second kappa shape index (κ2) is 10.6. The maximum absolute atomic E-state index is 14.6. The first-order chi connectivity index (χ1) is 19.1. The van der Waals surface area contributed by atoms with Crippen LogP contribution in [0.4, 0.5) is 8.78 Å². The summed E-state index contributed by atoms with van der Waals surface area (Å²) >= 11 is 0. The van der Waals surface area contributed by atoms with E-state index in [-0.39, 0.29) is 23.6 Å². The van der Waals surface area contributed by atoms with Crippen molar-refractivity contribution in [3.8, 4) is 40.0 Å². The molecule has 0 saturated carbocycles. The van der Waals surface area contributed by atoms with Crippen LogP contribution in [0.5, 0.6) is 11.5 Å². The number of hydrogen-bond acceptors (Lipinski definition) is 7. The van der Waals surface area contributed by atoms with Gasteiger partial charge in [0.2, 0.25) is 0 Å². The van der Waals surface area contributed by atoms with Gasteiger partial charge in [0.05, 0.1) is 24.8 Å². The molecule has 5 rings (SSSR count). The van der Waals surface area contributed by atoms with E-state index in [1.165, 1.54) is 12.0 Å². The van der Waals surface area contributed by atoms with E-state index in [4.69, 9.17) is 13.9 Å². The van der Waals surface area contributed by atoms with Crippen molar-refractivity contribution in [1.82, 2.24) is 14.8 Å². The Labute approximate surface area is 230 Å². The normalized spacial score (nSPS) is 16.9. The van der Waals surface area contributed by atoms with Gasteiger partial charge in [0.1, 0.15) is 28.8 Å². The second-order valence-corrected chi connectivity index (χ2v) is 10.0. The summed E-state index contributed by atoms with van der Waals surface area (Å²) in [5, 5.41) is 9.81. The fourth-order valence-electron chi connectivity index (χ4n) is 4.86. The molecule has 4 aromatic rings. The molecule has 1 saturated heterocycles. The summed E-state index contributed by atoms with van der Waals surface area (Å²) in [6, 6.07) is 15.6. The molecule has 3 heterocycles. The molecule has 1 fully saturated rings. The van der Waals surface area contributed by atoms with E-state index < -0.39 is 18.6 Å². The molecule has 1 amide bonds. The van der Waals surface area contributed by atoms with Gasteiger partial charge >= 0.3 is 0 Å². The van der Waals surface area contributed by atoms with Crippen molar-refractivity contribution in [2.24, 2.45) is 0 Å². The minimum atomic E-state index is -3.03. The third-order valence-electron chi connectivity index (χ3n) is 6.94. The Bertz CT molecular complexity index is 1630. The summed E-state index contributed by atoms with van der Waals surface area (Å²) in [6.07, 6.45) is 0.475. The standard InChI is InChI=1S/C30H28F2N4O4/c1-35(2)29(37)19-5-7-22(25(14-19)38-4)26-15-23-28(40-26)21(9-11-34-23)18-6-8-24(20(13-18)16-33)39-27-10-12-36(3)17-30(27,31)32/h5-9,11,13-15,27H,10,12,17H2,1-4H3. The summed E-state index contributed by atoms with van der Waals surface area (Å²) < 4.78 is 46.6. The van der Waals surface area contributed by atoms with Gasteiger partial charge in [-0.15, -0.1) is 0 Å². The SMILES string of the molecule is COc1cc(C(=O)N(C)C)ccc1-c1cc2nccc(-c3ccc(OC4CCN(C)CC4(F)F)c(C#N)c3)c2o1. The highest BCUT2D eigenvalue weighted by Crippen LogP contribution is 2.39. The number of nitriles is 1. The fourth-order valence-corrected chi connectivity index (χ4v) is 4.86. The number of pyridine rings is 1. The lowest BCUT2D eigenvalue weighted by Crippen LogP contribution is -2.52. The van der Waals surface area contributed by atoms with Crippen LogP contribution >= 0.6 is 0 Å². The molecule has 206 valence electrons. The topological polar surface area (TPSA) is 91.8 Å². The third kappa shape index (κ3) is 5.08. The van der Waals surface area contributed by atoms with Gasteiger partial charge in [0, 0.05) is 50.5 Å². The Morgan fingerprint density at radius 2 is 1.95 bits per heavy atom. The van der Waals surface area contributed by atoms with E-state index in [1.54, 1.807) is 80.8 Å². The monoisotopic (exact) mass is 546 g/mol. The summed E-state index contributed by atoms with van der Waals surface area (Å²) in [5.41, 5.74) is 3.63. The molecule has 2 aromatic carbocycles. The van der Waals surface area contributed by atoms with E-state index in [0.29, 0.717) is 51.4 Å². The number of piperidine rings is 1. The van der Waals surface area contributed by atoms with Gasteiger partial charge in [-0.25, -0.2) is 8.78 Å². The summed E-state index contributed by atoms with van der Waals surface area (Å²) in [4.78, 5) is 19.9. The predicted molar refractivity (Wildman–Crippen MR) is 146 cm³/mol. The van der Waals surface area contributed by atoms with E-state index in [1.807, 2.05) is 0 Å². The van der Waals surface area contributed by atoms with Crippen LogP contribution in [0.15, 0.2) is 59.1 Å². The Balaban J connectivity index is 1.50. The Morgan fingerprint density at radius 3 is 2.65 bits per heavy atom. The van der Waals surface area contributed by atoms with E-state index in [0.717, 1.165) is 0 Å². The molecule has 1 aliphatic rings. The van der Waals surface area contributed by atoms with Gasteiger partial charge in [-0.05, 0) is 49.0 Å². The number of alkyl halides is 2. The number of nitrogens with zero attached hydrogens (tertiary/aromatic N) is 4. The largest absolute Gasteiger partial charge is 0.496 e. The van der Waals surface area contributed by atoms with Gasteiger partial charge in [-0.1, -0.05) is 6.07 Å². The van der Waals surface area contributed by atoms with Crippen LogP contribution in [0.25, 0.3) is 33.6 Å². The first-order valence-corrected chi connectivity index (χ1v) is 12.7. The smallest absolute Gasteiger partial charge is 0.296 e. The van der Waals surface area contributed by atoms with Crippen LogP contribution < -0.4 is 9.47 Å². The molecule has 40 heavy (non-hydrogen) atoms. The average molecular weight is 547 g/mol. The molecule has 0 radical (unpaired) electrons. The van der Waals surface area contributed by atoms with Gasteiger partial charge in [-0.3, -0.25) is 9.78 Å². The number of fused-ring (bicyclic) bond motifs is 1. The lowest BCUT2D eigenvalue weighted by molar-refractivity contribution is -0.135. The number of aromatic nitrogens is 1. The van der Waals surface area contributed by atoms with Crippen molar-refractivity contribution in [2.45, 2.75) is 18.4 Å². The van der Waals surface area contributed by atoms with Crippen molar-refractivity contribution in [1.29, 1.82) is 5.26 Å². The quantitative estimate of drug-likeness (QED) is 0.317. The van der Waals surface area contributed by atoms with E-state index >= 15 is 0 Å². The minimum Gasteiger partial charge on any atom is -0.496 e. The molecule has 8 nitrogen and oxygen atoms in total. The molecule has 0 bridgehead atoms. The number of halogens is 2. The van der Waals surface area contributed by atoms with Crippen LogP contribution in [0, 0.1) is 11.3 Å². The highest BCUT2D eigenvalue weighted by Gasteiger charge is 2.45. The van der Waals surface area contributed by atoms with Crippen molar-refractivity contribution in [3.63, 3.8) is 0 Å². The van der Waals surface area contributed by atoms with Crippen LogP contribution in [0.2, 0.25) is 0 Å². The maximum Gasteiger partial charge on any atom is 0.296 e. The Hall–Kier alpha value is -4.49. The van der Waals surface area contributed by atoms with Gasteiger partial charge in [0.25, 0.3) is 11.8 Å². The average Bonchev–Trinajstić information content (AvgIpc) is 3.38. The number of hydrogen-bond donors (Lipinski definition) is 0. The first-order valence-electron chi connectivity index (χ1n) is 12.7. The molecule has 1 unspecified atom stereocenters. The Kier molecular flexibility index (Phi) is 7.17. The highest BCUT2D eigenvalue weighted by atomic mass is 19.3. The van der Waals surface area contributed by atoms with E-state index in [9.17, 15) is 18.8 Å². The summed E-state index contributed by atoms with van der Waals surface area (Å²) in [7, 11) is 6.51. The van der Waals surface area contributed by atoms with E-state index in [2.05, 4.69) is 11.1 Å². The first kappa shape index (κ1) is 27.1. The molecule has 0 spiro atoms. The molecule has 2 aromatic heterocycles. The van der Waals surface area contributed by atoms with Crippen LogP contribution in [-0.2, 0) is 0 Å². The fraction of sp³-hybridized carbons (Fsp3) is 0.300. The van der Waals surface area contributed by atoms with Crippen molar-refractivity contribution in [3.05, 3.63) is 65.9 Å². The number of furan rings is 1. The number of methoxy groups -OCH3 is 1. The van der Waals surface area contributed by atoms with Crippen LogP contribution in [0.1, 0.15) is 22.3 Å². The summed E-state index contributed by atoms with van der Waals surface area (Å²) in [5.74, 6) is -2.12. The lowest BCUT2D eigenvalue weighted by atomic mass is 10.0. The molecule has 0 N–H and O–H groups in total. The van der Waals surface area contributed by atoms with Gasteiger partial charge < -0.3 is 23.7 Å². The maximum atomic E-state index is 14.6. The highest BCUT2D eigenvalue weighted by molar-refractivity contribution is 5.96. The zero-order chi connectivity index (χ0) is 28.6. The molecule has 1 atom stereocenters. The number of carbonyl (C=O) groups excluding carboxylic acids is 1. The van der Waals surface area contributed by atoms with Crippen LogP contribution in [0.3, 0.4) is 0 Å². The van der Waals surface area contributed by atoms with Gasteiger partial charge in [0.15, 0.2) is 11.7 Å². The molecule has 1 aliphatic heterocycles. The molecular formula is C30H28F2N4O4. The minimum absolute atomic E-state index is 0.114. The number of ether oxygens (including phenoxy) is 2. The number of carbonyl (C=O) groups is 1. The van der Waals surface area contributed by atoms with Crippen LogP contribution in [-0.4, -0.2) is 74.1 Å². The van der Waals surface area contributed by atoms with Crippen molar-refractivity contribution >= 4 is 17.0 Å². The Morgan fingerprint density at radius 1 is 1.15 bits per heavy atom. The predicted octanol–water partition coefficient (Wildman–Crippen LogP) is 5.46. The number of rotatable bonds is 6. The van der Waals surface area contributed by atoms with Crippen molar-refractivity contribution in [2.75, 3.05) is 41.3 Å². The number of benzene rings is 2. The molecular weight excluding hydrogens is 518 g/mol.